The molecule has 2 aromatic carbocycles. The molecule has 0 N–H and O–H groups in total. The number of hydrogen-bond acceptors (Lipinski definition) is 3. The molecule has 0 aliphatic carbocycles. The first-order valence-electron chi connectivity index (χ1n) is 8.19. The molecule has 1 aromatic heterocycles. The molecular formula is C21H19BrClNO2. The Balaban J connectivity index is 1.82. The lowest BCUT2D eigenvalue weighted by molar-refractivity contribution is 0.446. The molecule has 5 heteroatoms. The van der Waals surface area contributed by atoms with Crippen LogP contribution in [0.3, 0.4) is 0 Å². The molecule has 0 unspecified atom stereocenters. The van der Waals surface area contributed by atoms with Gasteiger partial charge in [0.05, 0.1) is 0 Å². The summed E-state index contributed by atoms with van der Waals surface area (Å²) in [7, 11) is 0. The summed E-state index contributed by atoms with van der Waals surface area (Å²) in [6, 6.07) is 18.9. The van der Waals surface area contributed by atoms with Gasteiger partial charge in [0.2, 0.25) is 5.88 Å². The number of hydrogen-bond donors (Lipinski definition) is 0. The maximum Gasteiger partial charge on any atom is 0.220 e. The Labute approximate surface area is 167 Å². The molecule has 1 heterocycles. The van der Waals surface area contributed by atoms with Crippen molar-refractivity contribution in [2.75, 3.05) is 0 Å². The monoisotopic (exact) mass is 431 g/mol. The number of pyridine rings is 1. The van der Waals surface area contributed by atoms with E-state index in [0.717, 1.165) is 15.8 Å². The predicted octanol–water partition coefficient (Wildman–Crippen LogP) is 7.38. The largest absolute Gasteiger partial charge is 0.457 e. The topological polar surface area (TPSA) is 31.4 Å². The summed E-state index contributed by atoms with van der Waals surface area (Å²) in [4.78, 5) is 4.26. The van der Waals surface area contributed by atoms with Crippen molar-refractivity contribution in [2.45, 2.75) is 26.2 Å². The third-order valence-corrected chi connectivity index (χ3v) is 4.38. The molecule has 0 amide bonds. The van der Waals surface area contributed by atoms with Gasteiger partial charge in [0.15, 0.2) is 0 Å². The smallest absolute Gasteiger partial charge is 0.220 e. The van der Waals surface area contributed by atoms with E-state index in [1.807, 2.05) is 60.7 Å². The van der Waals surface area contributed by atoms with Gasteiger partial charge in [-0.2, -0.15) is 0 Å². The molecule has 3 nitrogen and oxygen atoms in total. The maximum atomic E-state index is 6.16. The third kappa shape index (κ3) is 4.99. The average Bonchev–Trinajstić information content (AvgIpc) is 2.54. The van der Waals surface area contributed by atoms with Gasteiger partial charge in [-0.05, 0) is 47.4 Å². The first-order chi connectivity index (χ1) is 12.3. The number of halogens is 2. The van der Waals surface area contributed by atoms with Crippen molar-refractivity contribution < 1.29 is 9.47 Å². The van der Waals surface area contributed by atoms with Crippen LogP contribution in [0.1, 0.15) is 26.3 Å². The maximum absolute atomic E-state index is 6.16. The third-order valence-electron chi connectivity index (χ3n) is 3.70. The van der Waals surface area contributed by atoms with Crippen LogP contribution in [0.25, 0.3) is 0 Å². The first-order valence-corrected chi connectivity index (χ1v) is 9.36. The van der Waals surface area contributed by atoms with E-state index in [2.05, 4.69) is 41.7 Å². The van der Waals surface area contributed by atoms with E-state index in [0.29, 0.717) is 22.5 Å². The molecule has 0 aliphatic rings. The van der Waals surface area contributed by atoms with E-state index in [1.165, 1.54) is 0 Å². The molecule has 0 atom stereocenters. The van der Waals surface area contributed by atoms with Gasteiger partial charge >= 0.3 is 0 Å². The van der Waals surface area contributed by atoms with Crippen LogP contribution in [-0.4, -0.2) is 4.98 Å². The number of benzene rings is 2. The normalized spacial score (nSPS) is 11.3. The molecule has 134 valence electrons. The molecule has 0 bridgehead atoms. The summed E-state index contributed by atoms with van der Waals surface area (Å²) >= 11 is 9.59. The summed E-state index contributed by atoms with van der Waals surface area (Å²) in [5, 5.41) is 0.411. The van der Waals surface area contributed by atoms with Crippen LogP contribution in [0.5, 0.6) is 23.1 Å². The molecule has 0 radical (unpaired) electrons. The van der Waals surface area contributed by atoms with Crippen LogP contribution in [-0.2, 0) is 5.41 Å². The van der Waals surface area contributed by atoms with Gasteiger partial charge in [0.1, 0.15) is 22.4 Å². The number of ether oxygens (including phenoxy) is 2. The Bertz CT molecular complexity index is 922. The lowest BCUT2D eigenvalue weighted by Crippen LogP contribution is -2.11. The van der Waals surface area contributed by atoms with Gasteiger partial charge in [-0.3, -0.25) is 0 Å². The number of aromatic nitrogens is 1. The summed E-state index contributed by atoms with van der Waals surface area (Å²) in [5.74, 6) is 2.51. The Kier molecular flexibility index (Phi) is 5.54. The quantitative estimate of drug-likeness (QED) is 0.403. The van der Waals surface area contributed by atoms with Gasteiger partial charge in [-0.1, -0.05) is 60.4 Å². The van der Waals surface area contributed by atoms with E-state index in [4.69, 9.17) is 21.1 Å². The molecule has 0 saturated carbocycles. The van der Waals surface area contributed by atoms with E-state index >= 15 is 0 Å². The average molecular weight is 433 g/mol. The predicted molar refractivity (Wildman–Crippen MR) is 109 cm³/mol. The zero-order valence-electron chi connectivity index (χ0n) is 14.8. The molecule has 0 saturated heterocycles. The standard InChI is InChI=1S/C21H19BrClNO2/c1-21(2,3)14-10-19(23)24-20(11-14)26-18-9-5-8-17(13-18)25-16-7-4-6-15(22)12-16/h4-13H,1-3H3. The highest BCUT2D eigenvalue weighted by Gasteiger charge is 2.16. The van der Waals surface area contributed by atoms with Gasteiger partial charge in [0, 0.05) is 16.6 Å². The fourth-order valence-corrected chi connectivity index (χ4v) is 2.93. The molecule has 3 aromatic rings. The Hall–Kier alpha value is -2.04. The van der Waals surface area contributed by atoms with Gasteiger partial charge in [-0.25, -0.2) is 4.98 Å². The van der Waals surface area contributed by atoms with Crippen molar-refractivity contribution in [3.05, 3.63) is 75.9 Å². The van der Waals surface area contributed by atoms with E-state index in [9.17, 15) is 0 Å². The van der Waals surface area contributed by atoms with Crippen molar-refractivity contribution in [1.29, 1.82) is 0 Å². The van der Waals surface area contributed by atoms with Crippen LogP contribution in [0.15, 0.2) is 65.1 Å². The minimum atomic E-state index is -0.0453. The molecule has 0 aliphatic heterocycles. The molecular weight excluding hydrogens is 414 g/mol. The molecule has 3 rings (SSSR count). The highest BCUT2D eigenvalue weighted by molar-refractivity contribution is 9.10. The SMILES string of the molecule is CC(C)(C)c1cc(Cl)nc(Oc2cccc(Oc3cccc(Br)c3)c2)c1. The van der Waals surface area contributed by atoms with Gasteiger partial charge in [0.25, 0.3) is 0 Å². The Morgan fingerprint density at radius 3 is 2.12 bits per heavy atom. The van der Waals surface area contributed by atoms with Crippen molar-refractivity contribution in [1.82, 2.24) is 4.98 Å². The summed E-state index contributed by atoms with van der Waals surface area (Å²) in [6.45, 7) is 6.36. The van der Waals surface area contributed by atoms with Gasteiger partial charge in [-0.15, -0.1) is 0 Å². The Morgan fingerprint density at radius 1 is 0.846 bits per heavy atom. The van der Waals surface area contributed by atoms with Gasteiger partial charge < -0.3 is 9.47 Å². The zero-order valence-corrected chi connectivity index (χ0v) is 17.1. The minimum Gasteiger partial charge on any atom is -0.457 e. The second-order valence-electron chi connectivity index (χ2n) is 6.90. The van der Waals surface area contributed by atoms with Crippen LogP contribution in [0.4, 0.5) is 0 Å². The van der Waals surface area contributed by atoms with E-state index < -0.39 is 0 Å². The van der Waals surface area contributed by atoms with E-state index in [-0.39, 0.29) is 5.41 Å². The zero-order chi connectivity index (χ0) is 18.7. The van der Waals surface area contributed by atoms with E-state index in [1.54, 1.807) is 0 Å². The Morgan fingerprint density at radius 2 is 1.46 bits per heavy atom. The fourth-order valence-electron chi connectivity index (χ4n) is 2.35. The summed E-state index contributed by atoms with van der Waals surface area (Å²) < 4.78 is 12.8. The molecule has 26 heavy (non-hydrogen) atoms. The lowest BCUT2D eigenvalue weighted by atomic mass is 9.88. The second-order valence-corrected chi connectivity index (χ2v) is 8.21. The van der Waals surface area contributed by atoms with Crippen LogP contribution >= 0.6 is 27.5 Å². The van der Waals surface area contributed by atoms with Crippen molar-refractivity contribution >= 4 is 27.5 Å². The van der Waals surface area contributed by atoms with Crippen molar-refractivity contribution in [2.24, 2.45) is 0 Å². The highest BCUT2D eigenvalue weighted by Crippen LogP contribution is 2.32. The summed E-state index contributed by atoms with van der Waals surface area (Å²) in [5.41, 5.74) is 1.02. The number of nitrogens with zero attached hydrogens (tertiary/aromatic N) is 1. The second kappa shape index (κ2) is 7.68. The van der Waals surface area contributed by atoms with Crippen LogP contribution < -0.4 is 9.47 Å². The van der Waals surface area contributed by atoms with Crippen molar-refractivity contribution in [3.8, 4) is 23.1 Å². The fraction of sp³-hybridized carbons (Fsp3) is 0.190. The first kappa shape index (κ1) is 18.7. The van der Waals surface area contributed by atoms with Crippen LogP contribution in [0, 0.1) is 0 Å². The number of rotatable bonds is 4. The molecule has 0 spiro atoms. The molecule has 0 fully saturated rings. The van der Waals surface area contributed by atoms with Crippen LogP contribution in [0.2, 0.25) is 5.15 Å². The van der Waals surface area contributed by atoms with Crippen molar-refractivity contribution in [3.63, 3.8) is 0 Å². The summed E-state index contributed by atoms with van der Waals surface area (Å²) in [6.07, 6.45) is 0. The highest BCUT2D eigenvalue weighted by atomic mass is 79.9. The lowest BCUT2D eigenvalue weighted by Gasteiger charge is -2.19. The minimum absolute atomic E-state index is 0.0453.